The van der Waals surface area contributed by atoms with Gasteiger partial charge in [-0.15, -0.1) is 0 Å². The summed E-state index contributed by atoms with van der Waals surface area (Å²) in [4.78, 5) is 0. The molecule has 1 heterocycles. The minimum atomic E-state index is 0.713. The molecule has 1 saturated heterocycles. The van der Waals surface area contributed by atoms with Crippen molar-refractivity contribution in [2.75, 3.05) is 72.0 Å². The van der Waals surface area contributed by atoms with Crippen molar-refractivity contribution in [3.8, 4) is 0 Å². The molecule has 0 aromatic carbocycles. The Morgan fingerprint density at radius 3 is 2.39 bits per heavy atom. The second kappa shape index (κ2) is 10.7. The van der Waals surface area contributed by atoms with E-state index in [0.29, 0.717) is 6.54 Å². The van der Waals surface area contributed by atoms with Crippen LogP contribution in [0.3, 0.4) is 0 Å². The van der Waals surface area contributed by atoms with E-state index < -0.39 is 0 Å². The average molecular weight is 258 g/mol. The highest BCUT2D eigenvalue weighted by Gasteiger charge is 2.16. The summed E-state index contributed by atoms with van der Waals surface area (Å²) >= 11 is 0. The van der Waals surface area contributed by atoms with Gasteiger partial charge in [-0.05, 0) is 6.54 Å². The van der Waals surface area contributed by atoms with Gasteiger partial charge in [0.2, 0.25) is 0 Å². The summed E-state index contributed by atoms with van der Waals surface area (Å²) in [6.07, 6.45) is 0. The number of nitrogens with one attached hydrogen (secondary N) is 3. The quantitative estimate of drug-likeness (QED) is 0.349. The summed E-state index contributed by atoms with van der Waals surface area (Å²) < 4.78 is 0. The fraction of sp³-hybridized carbons (Fsp3) is 1.00. The van der Waals surface area contributed by atoms with Gasteiger partial charge in [-0.3, -0.25) is 0 Å². The SMILES string of the molecule is CCNCCN(CCNCCN)N1CCNCC1. The minimum Gasteiger partial charge on any atom is -0.329 e. The van der Waals surface area contributed by atoms with Gasteiger partial charge in [-0.1, -0.05) is 6.92 Å². The molecule has 0 saturated carbocycles. The van der Waals surface area contributed by atoms with E-state index >= 15 is 0 Å². The molecule has 1 fully saturated rings. The van der Waals surface area contributed by atoms with Gasteiger partial charge in [0, 0.05) is 65.4 Å². The van der Waals surface area contributed by atoms with Crippen LogP contribution in [0.25, 0.3) is 0 Å². The summed E-state index contributed by atoms with van der Waals surface area (Å²) in [6.45, 7) is 13.4. The molecule has 1 rings (SSSR count). The third-order valence-electron chi connectivity index (χ3n) is 3.16. The van der Waals surface area contributed by atoms with Crippen molar-refractivity contribution in [2.24, 2.45) is 5.73 Å². The summed E-state index contributed by atoms with van der Waals surface area (Å²) in [5.74, 6) is 0. The first-order chi connectivity index (χ1) is 8.88. The number of piperazine rings is 1. The van der Waals surface area contributed by atoms with Crippen LogP contribution >= 0.6 is 0 Å². The van der Waals surface area contributed by atoms with Crippen LogP contribution in [0.15, 0.2) is 0 Å². The maximum absolute atomic E-state index is 5.48. The van der Waals surface area contributed by atoms with E-state index in [4.69, 9.17) is 5.73 Å². The zero-order valence-electron chi connectivity index (χ0n) is 11.7. The minimum absolute atomic E-state index is 0.713. The molecule has 0 spiro atoms. The van der Waals surface area contributed by atoms with E-state index in [0.717, 1.165) is 65.4 Å². The molecule has 0 aromatic heterocycles. The van der Waals surface area contributed by atoms with E-state index in [1.54, 1.807) is 0 Å². The first-order valence-corrected chi connectivity index (χ1v) is 7.20. The summed E-state index contributed by atoms with van der Waals surface area (Å²) in [5, 5.41) is 15.1. The Hall–Kier alpha value is -0.240. The number of rotatable bonds is 10. The van der Waals surface area contributed by atoms with Gasteiger partial charge in [0.05, 0.1) is 0 Å². The smallest absolute Gasteiger partial charge is 0.0259 e. The molecule has 0 atom stereocenters. The summed E-state index contributed by atoms with van der Waals surface area (Å²) in [7, 11) is 0. The summed E-state index contributed by atoms with van der Waals surface area (Å²) in [5.41, 5.74) is 5.48. The fourth-order valence-corrected chi connectivity index (χ4v) is 2.15. The third kappa shape index (κ3) is 6.63. The van der Waals surface area contributed by atoms with Gasteiger partial charge < -0.3 is 21.7 Å². The van der Waals surface area contributed by atoms with Crippen LogP contribution in [0.5, 0.6) is 0 Å². The molecule has 6 nitrogen and oxygen atoms in total. The van der Waals surface area contributed by atoms with Crippen molar-refractivity contribution in [2.45, 2.75) is 6.92 Å². The molecule has 5 N–H and O–H groups in total. The normalized spacial score (nSPS) is 17.5. The van der Waals surface area contributed by atoms with Crippen LogP contribution in [0.1, 0.15) is 6.92 Å². The monoisotopic (exact) mass is 258 g/mol. The number of hydrazine groups is 1. The van der Waals surface area contributed by atoms with Gasteiger partial charge in [0.15, 0.2) is 0 Å². The standard InChI is InChI=1S/C12H30N6/c1-2-14-5-9-17(10-6-15-4-3-13)18-11-7-16-8-12-18/h14-16H,2-13H2,1H3. The highest BCUT2D eigenvalue weighted by atomic mass is 15.6. The Morgan fingerprint density at radius 1 is 1.11 bits per heavy atom. The maximum atomic E-state index is 5.48. The van der Waals surface area contributed by atoms with Crippen LogP contribution in [-0.2, 0) is 0 Å². The molecule has 0 amide bonds. The second-order valence-corrected chi connectivity index (χ2v) is 4.55. The lowest BCUT2D eigenvalue weighted by molar-refractivity contribution is -0.0317. The van der Waals surface area contributed by atoms with Crippen LogP contribution in [0.2, 0.25) is 0 Å². The molecule has 18 heavy (non-hydrogen) atoms. The molecule has 108 valence electrons. The Bertz CT molecular complexity index is 183. The number of likely N-dealkylation sites (N-methyl/N-ethyl adjacent to an activating group) is 1. The number of nitrogens with zero attached hydrogens (tertiary/aromatic N) is 2. The van der Waals surface area contributed by atoms with Crippen molar-refractivity contribution in [1.29, 1.82) is 0 Å². The summed E-state index contributed by atoms with van der Waals surface area (Å²) in [6, 6.07) is 0. The van der Waals surface area contributed by atoms with Gasteiger partial charge in [-0.25, -0.2) is 10.0 Å². The molecule has 0 aliphatic carbocycles. The highest BCUT2D eigenvalue weighted by Crippen LogP contribution is 1.99. The van der Waals surface area contributed by atoms with E-state index in [2.05, 4.69) is 32.9 Å². The van der Waals surface area contributed by atoms with Crippen molar-refractivity contribution in [1.82, 2.24) is 26.0 Å². The highest BCUT2D eigenvalue weighted by molar-refractivity contribution is 4.68. The molecular formula is C12H30N6. The predicted molar refractivity (Wildman–Crippen MR) is 76.5 cm³/mol. The van der Waals surface area contributed by atoms with Gasteiger partial charge in [-0.2, -0.15) is 0 Å². The predicted octanol–water partition coefficient (Wildman–Crippen LogP) is -1.73. The Balaban J connectivity index is 2.25. The molecule has 0 radical (unpaired) electrons. The number of nitrogens with two attached hydrogens (primary N) is 1. The molecule has 0 aromatic rings. The number of hydrogen-bond acceptors (Lipinski definition) is 6. The van der Waals surface area contributed by atoms with Crippen molar-refractivity contribution < 1.29 is 0 Å². The molecule has 1 aliphatic rings. The van der Waals surface area contributed by atoms with Crippen molar-refractivity contribution in [3.05, 3.63) is 0 Å². The zero-order valence-corrected chi connectivity index (χ0v) is 11.7. The lowest BCUT2D eigenvalue weighted by Crippen LogP contribution is -2.55. The van der Waals surface area contributed by atoms with Crippen molar-refractivity contribution in [3.63, 3.8) is 0 Å². The van der Waals surface area contributed by atoms with E-state index in [1.807, 2.05) is 0 Å². The fourth-order valence-electron chi connectivity index (χ4n) is 2.15. The van der Waals surface area contributed by atoms with E-state index in [9.17, 15) is 0 Å². The topological polar surface area (TPSA) is 68.6 Å². The second-order valence-electron chi connectivity index (χ2n) is 4.55. The van der Waals surface area contributed by atoms with Gasteiger partial charge >= 0.3 is 0 Å². The van der Waals surface area contributed by atoms with Crippen molar-refractivity contribution >= 4 is 0 Å². The zero-order chi connectivity index (χ0) is 13.1. The van der Waals surface area contributed by atoms with Crippen LogP contribution in [-0.4, -0.2) is 82.0 Å². The Kier molecular flexibility index (Phi) is 9.37. The van der Waals surface area contributed by atoms with E-state index in [1.165, 1.54) is 0 Å². The van der Waals surface area contributed by atoms with Gasteiger partial charge in [0.1, 0.15) is 0 Å². The average Bonchev–Trinajstić information content (AvgIpc) is 2.42. The first kappa shape index (κ1) is 15.8. The molecular weight excluding hydrogens is 228 g/mol. The van der Waals surface area contributed by atoms with Crippen LogP contribution in [0.4, 0.5) is 0 Å². The molecule has 1 aliphatic heterocycles. The lowest BCUT2D eigenvalue weighted by Gasteiger charge is -2.38. The molecule has 0 bridgehead atoms. The largest absolute Gasteiger partial charge is 0.329 e. The maximum Gasteiger partial charge on any atom is 0.0259 e. The Morgan fingerprint density at radius 2 is 1.78 bits per heavy atom. The Labute approximate surface area is 111 Å². The lowest BCUT2D eigenvalue weighted by atomic mass is 10.4. The third-order valence-corrected chi connectivity index (χ3v) is 3.16. The molecule has 6 heteroatoms. The van der Waals surface area contributed by atoms with Crippen LogP contribution < -0.4 is 21.7 Å². The van der Waals surface area contributed by atoms with Gasteiger partial charge in [0.25, 0.3) is 0 Å². The van der Waals surface area contributed by atoms with E-state index in [-0.39, 0.29) is 0 Å². The van der Waals surface area contributed by atoms with Crippen LogP contribution in [0, 0.1) is 0 Å². The first-order valence-electron chi connectivity index (χ1n) is 7.20. The number of hydrogen-bond donors (Lipinski definition) is 4. The molecule has 0 unspecified atom stereocenters.